The smallest absolute Gasteiger partial charge is 0.330 e. The Bertz CT molecular complexity index is 387. The van der Waals surface area contributed by atoms with Crippen LogP contribution in [0, 0.1) is 17.3 Å². The predicted molar refractivity (Wildman–Crippen MR) is 72.4 cm³/mol. The summed E-state index contributed by atoms with van der Waals surface area (Å²) in [6.45, 7) is 11.6. The Morgan fingerprint density at radius 3 is 2.32 bits per heavy atom. The molecule has 0 N–H and O–H groups in total. The van der Waals surface area contributed by atoms with Crippen LogP contribution in [0.5, 0.6) is 0 Å². The van der Waals surface area contributed by atoms with Crippen LogP contribution >= 0.6 is 0 Å². The van der Waals surface area contributed by atoms with Crippen molar-refractivity contribution >= 4 is 11.9 Å². The van der Waals surface area contributed by atoms with E-state index in [9.17, 15) is 9.59 Å². The minimum atomic E-state index is -0.499. The molecule has 0 bridgehead atoms. The summed E-state index contributed by atoms with van der Waals surface area (Å²) in [6.07, 6.45) is 3.17. The number of hydrogen-bond acceptors (Lipinski definition) is 4. The van der Waals surface area contributed by atoms with Gasteiger partial charge in [-0.2, -0.15) is 0 Å². The number of ether oxygens (including phenoxy) is 2. The Morgan fingerprint density at radius 2 is 1.84 bits per heavy atom. The molecule has 0 aromatic carbocycles. The zero-order chi connectivity index (χ0) is 14.8. The van der Waals surface area contributed by atoms with E-state index in [4.69, 9.17) is 9.47 Å². The number of carbonyl (C=O) groups is 2. The van der Waals surface area contributed by atoms with Gasteiger partial charge in [0, 0.05) is 6.08 Å². The van der Waals surface area contributed by atoms with Crippen molar-refractivity contribution in [2.45, 2.75) is 47.1 Å². The molecule has 0 aliphatic heterocycles. The van der Waals surface area contributed by atoms with Gasteiger partial charge in [0.05, 0.1) is 12.5 Å². The van der Waals surface area contributed by atoms with Crippen molar-refractivity contribution in [3.05, 3.63) is 12.2 Å². The summed E-state index contributed by atoms with van der Waals surface area (Å²) in [5.41, 5.74) is -0.647. The van der Waals surface area contributed by atoms with Gasteiger partial charge in [0.2, 0.25) is 0 Å². The van der Waals surface area contributed by atoms with E-state index in [1.807, 2.05) is 34.6 Å². The second kappa shape index (κ2) is 5.35. The Kier molecular flexibility index (Phi) is 4.43. The highest BCUT2D eigenvalue weighted by molar-refractivity contribution is 5.83. The second-order valence-electron chi connectivity index (χ2n) is 6.47. The van der Waals surface area contributed by atoms with E-state index in [0.29, 0.717) is 6.61 Å². The largest absolute Gasteiger partial charge is 0.466 e. The molecule has 4 nitrogen and oxygen atoms in total. The molecular weight excluding hydrogens is 244 g/mol. The quantitative estimate of drug-likeness (QED) is 0.581. The van der Waals surface area contributed by atoms with Crippen LogP contribution < -0.4 is 0 Å². The fourth-order valence-corrected chi connectivity index (χ4v) is 2.24. The van der Waals surface area contributed by atoms with E-state index in [1.54, 1.807) is 13.0 Å². The van der Waals surface area contributed by atoms with Crippen LogP contribution in [0.15, 0.2) is 12.2 Å². The zero-order valence-electron chi connectivity index (χ0n) is 12.6. The molecule has 0 spiro atoms. The van der Waals surface area contributed by atoms with Crippen molar-refractivity contribution in [1.29, 1.82) is 0 Å². The second-order valence-corrected chi connectivity index (χ2v) is 6.47. The molecule has 4 heteroatoms. The Morgan fingerprint density at radius 1 is 1.26 bits per heavy atom. The number of allylic oxidation sites excluding steroid dienone is 1. The number of hydrogen-bond donors (Lipinski definition) is 0. The van der Waals surface area contributed by atoms with Gasteiger partial charge in [-0.3, -0.25) is 4.79 Å². The van der Waals surface area contributed by atoms with Gasteiger partial charge in [-0.15, -0.1) is 0 Å². The lowest BCUT2D eigenvalue weighted by atomic mass is 10.1. The average molecular weight is 268 g/mol. The molecule has 1 rings (SSSR count). The first kappa shape index (κ1) is 15.7. The summed E-state index contributed by atoms with van der Waals surface area (Å²) in [7, 11) is 0. The Balaban J connectivity index is 2.59. The molecule has 0 amide bonds. The SMILES string of the molecule is CCOC(=O)C1C(C=CC(=O)OC(C)(C)C)C1(C)C. The van der Waals surface area contributed by atoms with Gasteiger partial charge in [0.1, 0.15) is 5.60 Å². The van der Waals surface area contributed by atoms with E-state index in [1.165, 1.54) is 6.08 Å². The van der Waals surface area contributed by atoms with Crippen LogP contribution in [-0.2, 0) is 19.1 Å². The first-order chi connectivity index (χ1) is 8.59. The van der Waals surface area contributed by atoms with E-state index < -0.39 is 5.60 Å². The third-order valence-electron chi connectivity index (χ3n) is 3.30. The minimum absolute atomic E-state index is 0.0408. The standard InChI is InChI=1S/C15H24O4/c1-7-18-13(17)12-10(15(12,5)6)8-9-11(16)19-14(2,3)4/h8-10,12H,7H2,1-6H3. The van der Waals surface area contributed by atoms with E-state index in [2.05, 4.69) is 0 Å². The van der Waals surface area contributed by atoms with Gasteiger partial charge in [-0.25, -0.2) is 4.79 Å². The highest BCUT2D eigenvalue weighted by Gasteiger charge is 2.61. The lowest BCUT2D eigenvalue weighted by Crippen LogP contribution is -2.22. The summed E-state index contributed by atoms with van der Waals surface area (Å²) in [5.74, 6) is -0.686. The van der Waals surface area contributed by atoms with Gasteiger partial charge in [-0.05, 0) is 39.0 Å². The van der Waals surface area contributed by atoms with E-state index >= 15 is 0 Å². The summed E-state index contributed by atoms with van der Waals surface area (Å²) in [4.78, 5) is 23.3. The van der Waals surface area contributed by atoms with Crippen molar-refractivity contribution < 1.29 is 19.1 Å². The molecule has 0 radical (unpaired) electrons. The summed E-state index contributed by atoms with van der Waals surface area (Å²) < 4.78 is 10.2. The monoisotopic (exact) mass is 268 g/mol. The maximum atomic E-state index is 11.7. The molecule has 2 unspecified atom stereocenters. The van der Waals surface area contributed by atoms with Crippen molar-refractivity contribution in [2.75, 3.05) is 6.61 Å². The fourth-order valence-electron chi connectivity index (χ4n) is 2.24. The zero-order valence-corrected chi connectivity index (χ0v) is 12.6. The highest BCUT2D eigenvalue weighted by Crippen LogP contribution is 2.59. The van der Waals surface area contributed by atoms with Crippen LogP contribution in [0.2, 0.25) is 0 Å². The van der Waals surface area contributed by atoms with Crippen molar-refractivity contribution in [3.8, 4) is 0 Å². The summed E-state index contributed by atoms with van der Waals surface area (Å²) >= 11 is 0. The third-order valence-corrected chi connectivity index (χ3v) is 3.30. The van der Waals surface area contributed by atoms with Gasteiger partial charge >= 0.3 is 11.9 Å². The molecular formula is C15H24O4. The van der Waals surface area contributed by atoms with Gasteiger partial charge in [0.25, 0.3) is 0 Å². The topological polar surface area (TPSA) is 52.6 Å². The maximum absolute atomic E-state index is 11.7. The number of carbonyl (C=O) groups excluding carboxylic acids is 2. The average Bonchev–Trinajstić information content (AvgIpc) is 2.75. The maximum Gasteiger partial charge on any atom is 0.330 e. The van der Waals surface area contributed by atoms with Crippen molar-refractivity contribution in [1.82, 2.24) is 0 Å². The number of esters is 2. The molecule has 1 aliphatic carbocycles. The molecule has 0 aromatic heterocycles. The molecule has 1 saturated carbocycles. The Hall–Kier alpha value is -1.32. The van der Waals surface area contributed by atoms with Crippen LogP contribution in [0.25, 0.3) is 0 Å². The fraction of sp³-hybridized carbons (Fsp3) is 0.733. The lowest BCUT2D eigenvalue weighted by molar-refractivity contribution is -0.149. The van der Waals surface area contributed by atoms with E-state index in [0.717, 1.165) is 0 Å². The lowest BCUT2D eigenvalue weighted by Gasteiger charge is -2.17. The molecule has 19 heavy (non-hydrogen) atoms. The van der Waals surface area contributed by atoms with Crippen LogP contribution in [0.4, 0.5) is 0 Å². The molecule has 108 valence electrons. The minimum Gasteiger partial charge on any atom is -0.466 e. The van der Waals surface area contributed by atoms with Crippen LogP contribution in [0.3, 0.4) is 0 Å². The van der Waals surface area contributed by atoms with Crippen LogP contribution in [-0.4, -0.2) is 24.1 Å². The first-order valence-corrected chi connectivity index (χ1v) is 6.67. The summed E-state index contributed by atoms with van der Waals surface area (Å²) in [6, 6.07) is 0. The third kappa shape index (κ3) is 4.08. The first-order valence-electron chi connectivity index (χ1n) is 6.67. The molecule has 1 aliphatic rings. The highest BCUT2D eigenvalue weighted by atomic mass is 16.6. The van der Waals surface area contributed by atoms with Gasteiger partial charge < -0.3 is 9.47 Å². The summed E-state index contributed by atoms with van der Waals surface area (Å²) in [5, 5.41) is 0. The van der Waals surface area contributed by atoms with Crippen LogP contribution in [0.1, 0.15) is 41.5 Å². The van der Waals surface area contributed by atoms with Gasteiger partial charge in [0.15, 0.2) is 0 Å². The number of rotatable bonds is 4. The van der Waals surface area contributed by atoms with Crippen molar-refractivity contribution in [3.63, 3.8) is 0 Å². The molecule has 1 fully saturated rings. The molecule has 0 saturated heterocycles. The van der Waals surface area contributed by atoms with Gasteiger partial charge in [-0.1, -0.05) is 19.9 Å². The molecule has 0 aromatic rings. The van der Waals surface area contributed by atoms with E-state index in [-0.39, 0.29) is 29.2 Å². The molecule has 0 heterocycles. The normalized spacial score (nSPS) is 25.2. The van der Waals surface area contributed by atoms with Crippen molar-refractivity contribution in [2.24, 2.45) is 17.3 Å². The predicted octanol–water partition coefficient (Wildman–Crippen LogP) is 2.72. The Labute approximate surface area is 115 Å². The molecule has 2 atom stereocenters.